The molecule has 1 aromatic carbocycles. The molecule has 3 N–H and O–H groups in total. The summed E-state index contributed by atoms with van der Waals surface area (Å²) in [6.07, 6.45) is -0.731. The Kier molecular flexibility index (Phi) is 6.81. The number of nitrogens with one attached hydrogen (secondary N) is 2. The minimum atomic E-state index is -1.26. The molecule has 0 aliphatic carbocycles. The molecule has 0 bridgehead atoms. The van der Waals surface area contributed by atoms with Crippen molar-refractivity contribution in [3.05, 3.63) is 28.8 Å². The summed E-state index contributed by atoms with van der Waals surface area (Å²) in [5.74, 6) is -2.08. The van der Waals surface area contributed by atoms with E-state index in [4.69, 9.17) is 16.3 Å². The molecular weight excluding hydrogens is 348 g/mol. The van der Waals surface area contributed by atoms with Crippen molar-refractivity contribution in [3.63, 3.8) is 0 Å². The zero-order valence-electron chi connectivity index (χ0n) is 14.8. The molecule has 0 aliphatic rings. The molecule has 1 aromatic rings. The van der Waals surface area contributed by atoms with E-state index in [0.717, 1.165) is 0 Å². The Balaban J connectivity index is 2.97. The van der Waals surface area contributed by atoms with E-state index >= 15 is 0 Å². The second kappa shape index (κ2) is 8.20. The first-order chi connectivity index (χ1) is 11.4. The summed E-state index contributed by atoms with van der Waals surface area (Å²) in [5.41, 5.74) is -0.857. The third-order valence-electron chi connectivity index (χ3n) is 3.11. The number of carbonyl (C=O) groups is 3. The molecule has 1 atom stereocenters. The van der Waals surface area contributed by atoms with Crippen LogP contribution in [0, 0.1) is 5.92 Å². The number of benzene rings is 1. The Labute approximate surface area is 151 Å². The summed E-state index contributed by atoms with van der Waals surface area (Å²) in [7, 11) is 0. The number of ether oxygens (including phenoxy) is 1. The highest BCUT2D eigenvalue weighted by atomic mass is 35.5. The van der Waals surface area contributed by atoms with E-state index in [-0.39, 0.29) is 22.2 Å². The van der Waals surface area contributed by atoms with Gasteiger partial charge in [0.05, 0.1) is 10.7 Å². The monoisotopic (exact) mass is 370 g/mol. The maximum Gasteiger partial charge on any atom is 0.408 e. The van der Waals surface area contributed by atoms with Crippen LogP contribution in [0.15, 0.2) is 18.2 Å². The highest BCUT2D eigenvalue weighted by Crippen LogP contribution is 2.24. The van der Waals surface area contributed by atoms with Gasteiger partial charge in [0.25, 0.3) is 0 Å². The smallest absolute Gasteiger partial charge is 0.408 e. The highest BCUT2D eigenvalue weighted by molar-refractivity contribution is 6.34. The number of carbonyl (C=O) groups excluding carboxylic acids is 2. The third kappa shape index (κ3) is 6.26. The summed E-state index contributed by atoms with van der Waals surface area (Å²) in [6, 6.07) is 3.46. The summed E-state index contributed by atoms with van der Waals surface area (Å²) in [5, 5.41) is 14.3. The number of carboxylic acid groups (broad SMARTS) is 1. The molecule has 0 aliphatic heterocycles. The lowest BCUT2D eigenvalue weighted by molar-refractivity contribution is -0.119. The molecule has 7 nitrogen and oxygen atoms in total. The first-order valence-electron chi connectivity index (χ1n) is 7.74. The predicted octanol–water partition coefficient (Wildman–Crippen LogP) is 3.53. The molecule has 138 valence electrons. The Morgan fingerprint density at radius 1 is 1.20 bits per heavy atom. The van der Waals surface area contributed by atoms with Gasteiger partial charge in [-0.1, -0.05) is 31.5 Å². The lowest BCUT2D eigenvalue weighted by Gasteiger charge is -2.25. The Bertz CT molecular complexity index is 667. The Hall–Kier alpha value is -2.28. The predicted molar refractivity (Wildman–Crippen MR) is 95.0 cm³/mol. The van der Waals surface area contributed by atoms with E-state index in [1.165, 1.54) is 18.2 Å². The van der Waals surface area contributed by atoms with Gasteiger partial charge in [0, 0.05) is 0 Å². The highest BCUT2D eigenvalue weighted by Gasteiger charge is 2.28. The third-order valence-corrected chi connectivity index (χ3v) is 3.42. The molecule has 25 heavy (non-hydrogen) atoms. The molecule has 0 spiro atoms. The molecule has 1 rings (SSSR count). The SMILES string of the molecule is CC(C)[C@H](NC(=O)OC(C)(C)C)C(=O)Nc1cccc(Cl)c1C(=O)O. The van der Waals surface area contributed by atoms with E-state index in [1.807, 2.05) is 0 Å². The molecule has 0 unspecified atom stereocenters. The van der Waals surface area contributed by atoms with Crippen LogP contribution in [-0.2, 0) is 9.53 Å². The van der Waals surface area contributed by atoms with Crippen LogP contribution in [0.5, 0.6) is 0 Å². The second-order valence-corrected chi connectivity index (χ2v) is 7.23. The van der Waals surface area contributed by atoms with Crippen molar-refractivity contribution in [1.82, 2.24) is 5.32 Å². The number of aromatic carboxylic acids is 1. The second-order valence-electron chi connectivity index (χ2n) is 6.82. The molecule has 0 aromatic heterocycles. The van der Waals surface area contributed by atoms with Crippen molar-refractivity contribution in [1.29, 1.82) is 0 Å². The number of carboxylic acids is 1. The van der Waals surface area contributed by atoms with Gasteiger partial charge in [-0.3, -0.25) is 4.79 Å². The summed E-state index contributed by atoms with van der Waals surface area (Å²) in [4.78, 5) is 35.8. The van der Waals surface area contributed by atoms with E-state index in [1.54, 1.807) is 34.6 Å². The molecule has 0 saturated carbocycles. The minimum absolute atomic E-state index is 0.00602. The summed E-state index contributed by atoms with van der Waals surface area (Å²) in [6.45, 7) is 8.63. The fraction of sp³-hybridized carbons (Fsp3) is 0.471. The van der Waals surface area contributed by atoms with Crippen molar-refractivity contribution < 1.29 is 24.2 Å². The van der Waals surface area contributed by atoms with E-state index in [2.05, 4.69) is 10.6 Å². The number of halogens is 1. The average Bonchev–Trinajstić information content (AvgIpc) is 2.42. The fourth-order valence-electron chi connectivity index (χ4n) is 2.03. The van der Waals surface area contributed by atoms with E-state index in [9.17, 15) is 19.5 Å². The average molecular weight is 371 g/mol. The lowest BCUT2D eigenvalue weighted by Crippen LogP contribution is -2.48. The van der Waals surface area contributed by atoms with Crippen LogP contribution in [0.25, 0.3) is 0 Å². The van der Waals surface area contributed by atoms with Crippen LogP contribution >= 0.6 is 11.6 Å². The molecule has 0 saturated heterocycles. The molecule has 2 amide bonds. The van der Waals surface area contributed by atoms with Gasteiger partial charge in [0.2, 0.25) is 5.91 Å². The van der Waals surface area contributed by atoms with Gasteiger partial charge in [0.1, 0.15) is 17.2 Å². The van der Waals surface area contributed by atoms with E-state index < -0.39 is 29.6 Å². The normalized spacial score (nSPS) is 12.4. The van der Waals surface area contributed by atoms with Crippen LogP contribution in [0.2, 0.25) is 5.02 Å². The Morgan fingerprint density at radius 3 is 2.28 bits per heavy atom. The van der Waals surface area contributed by atoms with Crippen molar-refractivity contribution >= 4 is 35.3 Å². The molecule has 0 fully saturated rings. The quantitative estimate of drug-likeness (QED) is 0.735. The minimum Gasteiger partial charge on any atom is -0.478 e. The van der Waals surface area contributed by atoms with Gasteiger partial charge in [-0.15, -0.1) is 0 Å². The van der Waals surface area contributed by atoms with Crippen LogP contribution in [0.3, 0.4) is 0 Å². The molecular formula is C17H23ClN2O5. The van der Waals surface area contributed by atoms with Crippen molar-refractivity contribution in [2.45, 2.75) is 46.3 Å². The maximum absolute atomic E-state index is 12.5. The maximum atomic E-state index is 12.5. The number of rotatable bonds is 5. The zero-order valence-corrected chi connectivity index (χ0v) is 15.6. The number of anilines is 1. The van der Waals surface area contributed by atoms with Crippen LogP contribution in [-0.4, -0.2) is 34.7 Å². The standard InChI is InChI=1S/C17H23ClN2O5/c1-9(2)13(20-16(24)25-17(3,4)5)14(21)19-11-8-6-7-10(18)12(11)15(22)23/h6-9,13H,1-5H3,(H,19,21)(H,20,24)(H,22,23)/t13-/m0/s1. The van der Waals surface area contributed by atoms with Gasteiger partial charge in [-0.05, 0) is 38.8 Å². The first-order valence-corrected chi connectivity index (χ1v) is 8.12. The van der Waals surface area contributed by atoms with Crippen LogP contribution in [0.4, 0.5) is 10.5 Å². The molecule has 8 heteroatoms. The number of hydrogen-bond acceptors (Lipinski definition) is 4. The summed E-state index contributed by atoms with van der Waals surface area (Å²) < 4.78 is 5.15. The topological polar surface area (TPSA) is 105 Å². The molecule has 0 heterocycles. The summed E-state index contributed by atoms with van der Waals surface area (Å²) >= 11 is 5.89. The lowest BCUT2D eigenvalue weighted by atomic mass is 10.0. The van der Waals surface area contributed by atoms with Crippen molar-refractivity contribution in [3.8, 4) is 0 Å². The van der Waals surface area contributed by atoms with Gasteiger partial charge >= 0.3 is 12.1 Å². The number of alkyl carbamates (subject to hydrolysis) is 1. The molecule has 0 radical (unpaired) electrons. The zero-order chi connectivity index (χ0) is 19.4. The largest absolute Gasteiger partial charge is 0.478 e. The van der Waals surface area contributed by atoms with Gasteiger partial charge in [-0.25, -0.2) is 9.59 Å². The van der Waals surface area contributed by atoms with Crippen molar-refractivity contribution in [2.24, 2.45) is 5.92 Å². The van der Waals surface area contributed by atoms with Gasteiger partial charge in [-0.2, -0.15) is 0 Å². The van der Waals surface area contributed by atoms with Crippen molar-refractivity contribution in [2.75, 3.05) is 5.32 Å². The number of amides is 2. The van der Waals surface area contributed by atoms with Crippen LogP contribution < -0.4 is 10.6 Å². The first kappa shape index (κ1) is 20.8. The van der Waals surface area contributed by atoms with Gasteiger partial charge in [0.15, 0.2) is 0 Å². The van der Waals surface area contributed by atoms with E-state index in [0.29, 0.717) is 0 Å². The van der Waals surface area contributed by atoms with Gasteiger partial charge < -0.3 is 20.5 Å². The van der Waals surface area contributed by atoms with Crippen LogP contribution in [0.1, 0.15) is 45.0 Å². The number of hydrogen-bond donors (Lipinski definition) is 3. The Morgan fingerprint density at radius 2 is 1.80 bits per heavy atom. The fourth-order valence-corrected chi connectivity index (χ4v) is 2.28.